The first-order valence-electron chi connectivity index (χ1n) is 10.7. The SMILES string of the molecule is COc1cccc(-c2nnc(SCC(=O)Nc3sc4c(c3C#N)CCC4)n2Cc2ccco2)c1. The predicted molar refractivity (Wildman–Crippen MR) is 130 cm³/mol. The molecule has 0 unspecified atom stereocenters. The highest BCUT2D eigenvalue weighted by Gasteiger charge is 2.23. The van der Waals surface area contributed by atoms with Crippen LogP contribution in [-0.2, 0) is 24.2 Å². The minimum absolute atomic E-state index is 0.141. The maximum atomic E-state index is 12.7. The van der Waals surface area contributed by atoms with Gasteiger partial charge in [0.25, 0.3) is 0 Å². The summed E-state index contributed by atoms with van der Waals surface area (Å²) >= 11 is 2.80. The van der Waals surface area contributed by atoms with Crippen LogP contribution in [-0.4, -0.2) is 33.5 Å². The first-order valence-corrected chi connectivity index (χ1v) is 12.5. The van der Waals surface area contributed by atoms with Crippen LogP contribution in [0.3, 0.4) is 0 Å². The molecule has 1 aliphatic carbocycles. The third-order valence-electron chi connectivity index (χ3n) is 5.56. The van der Waals surface area contributed by atoms with Crippen LogP contribution in [0.15, 0.2) is 52.2 Å². The van der Waals surface area contributed by atoms with Crippen molar-refractivity contribution in [3.8, 4) is 23.2 Å². The average Bonchev–Trinajstić information content (AvgIpc) is 3.64. The molecular formula is C24H21N5O3S2. The molecule has 5 rings (SSSR count). The molecule has 0 spiro atoms. The number of anilines is 1. The number of ether oxygens (including phenoxy) is 1. The molecule has 34 heavy (non-hydrogen) atoms. The van der Waals surface area contributed by atoms with E-state index in [9.17, 15) is 10.1 Å². The number of carbonyl (C=O) groups excluding carboxylic acids is 1. The zero-order chi connectivity index (χ0) is 23.5. The van der Waals surface area contributed by atoms with E-state index in [1.165, 1.54) is 28.0 Å². The van der Waals surface area contributed by atoms with Gasteiger partial charge in [-0.15, -0.1) is 21.5 Å². The molecule has 172 valence electrons. The molecule has 1 aromatic carbocycles. The molecule has 4 aromatic rings. The molecule has 1 N–H and O–H groups in total. The predicted octanol–water partition coefficient (Wildman–Crippen LogP) is 4.75. The number of thiophene rings is 1. The molecule has 0 saturated carbocycles. The highest BCUT2D eigenvalue weighted by molar-refractivity contribution is 7.99. The van der Waals surface area contributed by atoms with Crippen molar-refractivity contribution in [1.82, 2.24) is 14.8 Å². The summed E-state index contributed by atoms with van der Waals surface area (Å²) in [5.74, 6) is 2.08. The minimum Gasteiger partial charge on any atom is -0.497 e. The lowest BCUT2D eigenvalue weighted by atomic mass is 10.1. The Bertz CT molecular complexity index is 1370. The van der Waals surface area contributed by atoms with Crippen LogP contribution in [0.4, 0.5) is 5.00 Å². The Labute approximate surface area is 204 Å². The zero-order valence-electron chi connectivity index (χ0n) is 18.4. The third kappa shape index (κ3) is 4.44. The first kappa shape index (κ1) is 22.3. The van der Waals surface area contributed by atoms with Crippen LogP contribution in [0.1, 0.15) is 28.2 Å². The van der Waals surface area contributed by atoms with Gasteiger partial charge in [0.1, 0.15) is 22.6 Å². The quantitative estimate of drug-likeness (QED) is 0.355. The topological polar surface area (TPSA) is 106 Å². The molecule has 0 aliphatic heterocycles. The Kier molecular flexibility index (Phi) is 6.38. The van der Waals surface area contributed by atoms with Crippen molar-refractivity contribution in [2.75, 3.05) is 18.2 Å². The van der Waals surface area contributed by atoms with E-state index in [0.717, 1.165) is 41.9 Å². The number of hydrogen-bond acceptors (Lipinski definition) is 8. The average molecular weight is 492 g/mol. The van der Waals surface area contributed by atoms with Gasteiger partial charge in [-0.05, 0) is 49.1 Å². The molecule has 3 aromatic heterocycles. The van der Waals surface area contributed by atoms with Crippen molar-refractivity contribution in [1.29, 1.82) is 5.26 Å². The second kappa shape index (κ2) is 9.75. The Morgan fingerprint density at radius 3 is 3.03 bits per heavy atom. The second-order valence-corrected chi connectivity index (χ2v) is 9.76. The summed E-state index contributed by atoms with van der Waals surface area (Å²) in [6.07, 6.45) is 4.57. The van der Waals surface area contributed by atoms with Crippen molar-refractivity contribution in [2.45, 2.75) is 31.0 Å². The molecule has 0 atom stereocenters. The van der Waals surface area contributed by atoms with Gasteiger partial charge < -0.3 is 14.5 Å². The van der Waals surface area contributed by atoms with E-state index in [-0.39, 0.29) is 11.7 Å². The Balaban J connectivity index is 1.36. The monoisotopic (exact) mass is 491 g/mol. The van der Waals surface area contributed by atoms with Gasteiger partial charge in [-0.3, -0.25) is 9.36 Å². The number of nitrogens with zero attached hydrogens (tertiary/aromatic N) is 4. The number of aryl methyl sites for hydroxylation is 1. The second-order valence-electron chi connectivity index (χ2n) is 7.71. The highest BCUT2D eigenvalue weighted by Crippen LogP contribution is 2.38. The number of carbonyl (C=O) groups is 1. The normalized spacial score (nSPS) is 12.4. The fourth-order valence-electron chi connectivity index (χ4n) is 3.98. The first-order chi connectivity index (χ1) is 16.7. The van der Waals surface area contributed by atoms with E-state index >= 15 is 0 Å². The number of amides is 1. The van der Waals surface area contributed by atoms with Crippen LogP contribution in [0.5, 0.6) is 5.75 Å². The third-order valence-corrected chi connectivity index (χ3v) is 7.73. The van der Waals surface area contributed by atoms with Crippen molar-refractivity contribution in [3.05, 3.63) is 64.4 Å². The van der Waals surface area contributed by atoms with E-state index in [2.05, 4.69) is 21.6 Å². The Morgan fingerprint density at radius 1 is 1.32 bits per heavy atom. The Morgan fingerprint density at radius 2 is 2.24 bits per heavy atom. The van der Waals surface area contributed by atoms with E-state index in [4.69, 9.17) is 9.15 Å². The number of methoxy groups -OCH3 is 1. The highest BCUT2D eigenvalue weighted by atomic mass is 32.2. The van der Waals surface area contributed by atoms with Gasteiger partial charge in [0.15, 0.2) is 11.0 Å². The fourth-order valence-corrected chi connectivity index (χ4v) is 5.97. The van der Waals surface area contributed by atoms with Gasteiger partial charge >= 0.3 is 0 Å². The lowest BCUT2D eigenvalue weighted by molar-refractivity contribution is -0.113. The summed E-state index contributed by atoms with van der Waals surface area (Å²) in [7, 11) is 1.62. The fraction of sp³-hybridized carbons (Fsp3) is 0.250. The lowest BCUT2D eigenvalue weighted by Crippen LogP contribution is -2.15. The number of fused-ring (bicyclic) bond motifs is 1. The molecule has 3 heterocycles. The minimum atomic E-state index is -0.183. The van der Waals surface area contributed by atoms with Crippen LogP contribution in [0.2, 0.25) is 0 Å². The van der Waals surface area contributed by atoms with Crippen LogP contribution in [0, 0.1) is 11.3 Å². The summed E-state index contributed by atoms with van der Waals surface area (Å²) in [6.45, 7) is 0.423. The summed E-state index contributed by atoms with van der Waals surface area (Å²) in [5, 5.41) is 22.5. The van der Waals surface area contributed by atoms with E-state index in [1.54, 1.807) is 13.4 Å². The van der Waals surface area contributed by atoms with Crippen molar-refractivity contribution < 1.29 is 13.9 Å². The van der Waals surface area contributed by atoms with E-state index in [1.807, 2.05) is 41.0 Å². The number of rotatable bonds is 8. The number of nitriles is 1. The summed E-state index contributed by atoms with van der Waals surface area (Å²) in [6, 6.07) is 13.6. The molecule has 0 fully saturated rings. The number of thioether (sulfide) groups is 1. The Hall–Kier alpha value is -3.55. The standard InChI is InChI=1S/C24H21N5O3S2/c1-31-16-6-2-5-15(11-16)22-27-28-24(29(22)13-17-7-4-10-32-17)33-14-21(30)26-23-19(12-25)18-8-3-9-20(18)34-23/h2,4-7,10-11H,3,8-9,13-14H2,1H3,(H,26,30). The lowest BCUT2D eigenvalue weighted by Gasteiger charge is -2.10. The molecule has 0 bridgehead atoms. The number of nitrogens with one attached hydrogen (secondary N) is 1. The maximum absolute atomic E-state index is 12.7. The van der Waals surface area contributed by atoms with Gasteiger partial charge in [-0.1, -0.05) is 23.9 Å². The van der Waals surface area contributed by atoms with Crippen LogP contribution < -0.4 is 10.1 Å². The molecule has 1 amide bonds. The zero-order valence-corrected chi connectivity index (χ0v) is 20.0. The summed E-state index contributed by atoms with van der Waals surface area (Å²) in [5.41, 5.74) is 2.55. The van der Waals surface area contributed by atoms with Gasteiger partial charge in [0.05, 0.1) is 31.2 Å². The summed E-state index contributed by atoms with van der Waals surface area (Å²) < 4.78 is 12.8. The molecular weight excluding hydrogens is 470 g/mol. The van der Waals surface area contributed by atoms with E-state index < -0.39 is 0 Å². The van der Waals surface area contributed by atoms with Gasteiger partial charge in [0.2, 0.25) is 5.91 Å². The van der Waals surface area contributed by atoms with Crippen molar-refractivity contribution in [3.63, 3.8) is 0 Å². The van der Waals surface area contributed by atoms with Crippen LogP contribution in [0.25, 0.3) is 11.4 Å². The number of aromatic nitrogens is 3. The van der Waals surface area contributed by atoms with Gasteiger partial charge in [0, 0.05) is 10.4 Å². The van der Waals surface area contributed by atoms with Crippen molar-refractivity contribution in [2.24, 2.45) is 0 Å². The molecule has 0 radical (unpaired) electrons. The molecule has 1 aliphatic rings. The number of benzene rings is 1. The molecule has 10 heteroatoms. The smallest absolute Gasteiger partial charge is 0.235 e. The molecule has 0 saturated heterocycles. The number of hydrogen-bond donors (Lipinski definition) is 1. The van der Waals surface area contributed by atoms with E-state index in [0.29, 0.717) is 28.1 Å². The maximum Gasteiger partial charge on any atom is 0.235 e. The summed E-state index contributed by atoms with van der Waals surface area (Å²) in [4.78, 5) is 14.0. The van der Waals surface area contributed by atoms with Crippen molar-refractivity contribution >= 4 is 34.0 Å². The van der Waals surface area contributed by atoms with Crippen LogP contribution >= 0.6 is 23.1 Å². The van der Waals surface area contributed by atoms with Gasteiger partial charge in [-0.2, -0.15) is 5.26 Å². The van der Waals surface area contributed by atoms with Gasteiger partial charge in [-0.25, -0.2) is 0 Å². The largest absolute Gasteiger partial charge is 0.497 e. The number of furan rings is 1. The molecule has 8 nitrogen and oxygen atoms in total.